The van der Waals surface area contributed by atoms with Gasteiger partial charge in [0.25, 0.3) is 0 Å². The first kappa shape index (κ1) is 24.8. The molecule has 0 aromatic rings. The fourth-order valence-electron chi connectivity index (χ4n) is 0. The van der Waals surface area contributed by atoms with E-state index in [0.717, 1.165) is 0 Å². The van der Waals surface area contributed by atoms with E-state index < -0.39 is 0 Å². The van der Waals surface area contributed by atoms with Crippen LogP contribution in [-0.4, -0.2) is 23.1 Å². The summed E-state index contributed by atoms with van der Waals surface area (Å²) in [4.78, 5) is 0. The number of rotatable bonds is 0. The Morgan fingerprint density at radius 3 is 1.00 bits per heavy atom. The summed E-state index contributed by atoms with van der Waals surface area (Å²) in [6.45, 7) is 0. The van der Waals surface area contributed by atoms with Crippen molar-refractivity contribution in [1.29, 1.82) is 0 Å². The molecular weight excluding hydrogens is 389 g/mol. The largest absolute Gasteiger partial charge is 0.316 e. The second-order valence-electron chi connectivity index (χ2n) is 0. The Hall–Kier alpha value is 3.88. The molecule has 0 aliphatic rings. The van der Waals surface area contributed by atoms with Crippen LogP contribution < -0.4 is 0 Å². The zero-order chi connectivity index (χ0) is 0. The van der Waals surface area contributed by atoms with Crippen LogP contribution in [0.15, 0.2) is 0 Å². The zero-order valence-electron chi connectivity index (χ0n) is 1.20. The topological polar surface area (TPSA) is 0 Å². The smallest absolute Gasteiger partial charge is 0 e. The average Bonchev–Trinajstić information content (AvgIpc) is 0. The first-order valence-electron chi connectivity index (χ1n) is 0. The first-order valence-corrected chi connectivity index (χ1v) is 0. The van der Waals surface area contributed by atoms with Gasteiger partial charge < -0.3 is 0 Å². The molecule has 4 heavy (non-hydrogen) atoms. The molecule has 0 aromatic carbocycles. The standard InChI is InChI=1S/Ho.Mg.Ni.Pr.2H. The van der Waals surface area contributed by atoms with Crippen molar-refractivity contribution in [3.8, 4) is 0 Å². The summed E-state index contributed by atoms with van der Waals surface area (Å²) in [6.07, 6.45) is 0. The van der Waals surface area contributed by atoms with Crippen LogP contribution >= 0.6 is 0 Å². The van der Waals surface area contributed by atoms with Gasteiger partial charge in [-0.05, 0) is 0 Å². The Balaban J connectivity index is 0. The van der Waals surface area contributed by atoms with Gasteiger partial charge in [-0.1, -0.05) is 0 Å². The van der Waals surface area contributed by atoms with Gasteiger partial charge in [-0.2, -0.15) is 0 Å². The number of hydrogen-bond donors (Lipinski definition) is 0. The first-order chi connectivity index (χ1) is 0. The monoisotopic (exact) mass is 390 g/mol. The van der Waals surface area contributed by atoms with Crippen molar-refractivity contribution in [2.45, 2.75) is 0 Å². The van der Waals surface area contributed by atoms with Crippen LogP contribution in [0, 0.1) is 79.0 Å². The van der Waals surface area contributed by atoms with Crippen molar-refractivity contribution in [2.75, 3.05) is 0 Å². The van der Waals surface area contributed by atoms with E-state index in [-0.39, 0.29) is 119 Å². The van der Waals surface area contributed by atoms with Crippen LogP contribution in [0.1, 0.15) is 0 Å². The summed E-state index contributed by atoms with van der Waals surface area (Å²) in [5, 5.41) is 0. The van der Waals surface area contributed by atoms with Gasteiger partial charge in [0.15, 0.2) is 0 Å². The third kappa shape index (κ3) is 9.30. The van der Waals surface area contributed by atoms with E-state index in [0.29, 0.717) is 0 Å². The fraction of sp³-hybridized carbons (Fsp3) is 0. The molecule has 2 radical (unpaired) electrons. The third-order valence-electron chi connectivity index (χ3n) is 0. The van der Waals surface area contributed by atoms with E-state index in [1.165, 1.54) is 0 Å². The molecule has 0 saturated carbocycles. The van der Waals surface area contributed by atoms with Gasteiger partial charge in [0, 0.05) is 95.5 Å². The predicted octanol–water partition coefficient (Wildman–Crippen LogP) is -0.919. The predicted molar refractivity (Wildman–Crippen MR) is 8.54 cm³/mol. The Bertz CT molecular complexity index is 8.00. The van der Waals surface area contributed by atoms with Crippen molar-refractivity contribution in [2.24, 2.45) is 0 Å². The van der Waals surface area contributed by atoms with Crippen LogP contribution in [0.25, 0.3) is 0 Å². The second kappa shape index (κ2) is 15.8. The quantitative estimate of drug-likeness (QED) is 0.469. The Morgan fingerprint density at radius 1 is 1.00 bits per heavy atom. The molecule has 0 aromatic heterocycles. The van der Waals surface area contributed by atoms with Gasteiger partial charge in [0.2, 0.25) is 0 Å². The molecule has 0 unspecified atom stereocenters. The SMILES string of the molecule is [Ho].[MgH2].[Ni].[Pr]. The molecule has 4 heteroatoms. The van der Waals surface area contributed by atoms with Crippen LogP contribution in [0.2, 0.25) is 0 Å². The third-order valence-corrected chi connectivity index (χ3v) is 0. The molecule has 0 heterocycles. The van der Waals surface area contributed by atoms with Crippen molar-refractivity contribution in [3.05, 3.63) is 0 Å². The van der Waals surface area contributed by atoms with Crippen molar-refractivity contribution in [1.82, 2.24) is 0 Å². The van der Waals surface area contributed by atoms with Gasteiger partial charge in [-0.15, -0.1) is 0 Å². The van der Waals surface area contributed by atoms with Gasteiger partial charge >= 0.3 is 23.1 Å². The second-order valence-corrected chi connectivity index (χ2v) is 0. The Morgan fingerprint density at radius 2 is 1.00 bits per heavy atom. The molecule has 0 atom stereocenters. The van der Waals surface area contributed by atoms with Crippen LogP contribution in [0.3, 0.4) is 0 Å². The fourth-order valence-corrected chi connectivity index (χ4v) is 0. The normalized spacial score (nSPS) is 0. The minimum atomic E-state index is 0. The van der Waals surface area contributed by atoms with Crippen LogP contribution in [0.5, 0.6) is 0 Å². The molecule has 0 amide bonds. The van der Waals surface area contributed by atoms with E-state index in [1.54, 1.807) is 0 Å². The summed E-state index contributed by atoms with van der Waals surface area (Å²) >= 11 is 0. The van der Waals surface area contributed by atoms with Gasteiger partial charge in [0.1, 0.15) is 0 Å². The summed E-state index contributed by atoms with van der Waals surface area (Å²) in [6, 6.07) is 0. The number of hydrogen-bond acceptors (Lipinski definition) is 0. The maximum Gasteiger partial charge on any atom is 0.316 e. The molecule has 0 rings (SSSR count). The minimum Gasteiger partial charge on any atom is 0 e. The molecule has 0 N–H and O–H groups in total. The summed E-state index contributed by atoms with van der Waals surface area (Å²) in [5.41, 5.74) is 0. The molecule has 0 bridgehead atoms. The molecule has 28 valence electrons. The molecule has 0 saturated heterocycles. The van der Waals surface area contributed by atoms with E-state index in [2.05, 4.69) is 0 Å². The molecule has 0 nitrogen and oxygen atoms in total. The molecule has 0 fully saturated rings. The average molecular weight is 391 g/mol. The van der Waals surface area contributed by atoms with Crippen LogP contribution in [-0.2, 0) is 16.5 Å². The van der Waals surface area contributed by atoms with E-state index in [1.807, 2.05) is 0 Å². The zero-order valence-corrected chi connectivity index (χ0v) is 7.82. The summed E-state index contributed by atoms with van der Waals surface area (Å²) in [5.74, 6) is 0. The Labute approximate surface area is 115 Å². The van der Waals surface area contributed by atoms with E-state index >= 15 is 0 Å². The summed E-state index contributed by atoms with van der Waals surface area (Å²) < 4.78 is 0. The Kier molecular flexibility index (Phi) is 97.8. The van der Waals surface area contributed by atoms with Gasteiger partial charge in [0.05, 0.1) is 0 Å². The molecular formula is H2HoMgNiPr. The van der Waals surface area contributed by atoms with Gasteiger partial charge in [-0.25, -0.2) is 0 Å². The molecule has 0 spiro atoms. The van der Waals surface area contributed by atoms with Gasteiger partial charge in [-0.3, -0.25) is 0 Å². The minimum absolute atomic E-state index is 0. The maximum absolute atomic E-state index is 0. The van der Waals surface area contributed by atoms with Crippen molar-refractivity contribution in [3.63, 3.8) is 0 Å². The molecule has 0 aliphatic carbocycles. The summed E-state index contributed by atoms with van der Waals surface area (Å²) in [7, 11) is 0. The molecule has 0 aliphatic heterocycles. The maximum atomic E-state index is 0. The van der Waals surface area contributed by atoms with E-state index in [4.69, 9.17) is 0 Å². The van der Waals surface area contributed by atoms with Crippen molar-refractivity contribution < 1.29 is 95.5 Å². The van der Waals surface area contributed by atoms with Crippen LogP contribution in [0.4, 0.5) is 0 Å². The van der Waals surface area contributed by atoms with Crippen molar-refractivity contribution >= 4 is 23.1 Å². The van der Waals surface area contributed by atoms with E-state index in [9.17, 15) is 0 Å².